The van der Waals surface area contributed by atoms with Gasteiger partial charge in [0.15, 0.2) is 0 Å². The number of H-pyrrole nitrogens is 1. The molecule has 2 N–H and O–H groups in total. The van der Waals surface area contributed by atoms with Gasteiger partial charge in [-0.2, -0.15) is 5.26 Å². The molecule has 0 bridgehead atoms. The van der Waals surface area contributed by atoms with E-state index in [1.807, 2.05) is 18.2 Å². The fourth-order valence-electron chi connectivity index (χ4n) is 6.57. The summed E-state index contributed by atoms with van der Waals surface area (Å²) in [6.07, 6.45) is 6.58. The van der Waals surface area contributed by atoms with Crippen LogP contribution < -0.4 is 10.1 Å². The largest absolute Gasteiger partial charge is 0.496 e. The van der Waals surface area contributed by atoms with Crippen LogP contribution in [-0.2, 0) is 9.59 Å². The molecule has 8 nitrogen and oxygen atoms in total. The number of methoxy groups -OCH3 is 1. The van der Waals surface area contributed by atoms with Crippen LogP contribution in [0.25, 0.3) is 10.9 Å². The SMILES string of the molecule is COc1cccc2[nH]c(C(=O)N3C[Si]4(CCCC4)CC3C(=O)NC(C#N)CC3CCCCC3=O)cc12. The maximum absolute atomic E-state index is 13.8. The quantitative estimate of drug-likeness (QED) is 0.576. The van der Waals surface area contributed by atoms with Crippen molar-refractivity contribution < 1.29 is 19.1 Å². The summed E-state index contributed by atoms with van der Waals surface area (Å²) >= 11 is 0. The second-order valence-electron chi connectivity index (χ2n) is 10.8. The standard InChI is InChI=1S/C27H34N4O4Si/c1-35-25-10-6-8-21-20(25)14-22(30-21)27(34)31-17-36(11-4-5-12-36)16-23(31)26(33)29-19(15-28)13-18-7-2-3-9-24(18)32/h6,8,10,14,18-19,23,30H,2-5,7,9,11-13,16-17H2,1H3,(H,29,33). The Morgan fingerprint density at radius 3 is 2.81 bits per heavy atom. The Kier molecular flexibility index (Phi) is 6.89. The second kappa shape index (κ2) is 10.1. The number of ether oxygens (including phenoxy) is 1. The highest BCUT2D eigenvalue weighted by molar-refractivity contribution is 6.82. The van der Waals surface area contributed by atoms with Crippen LogP contribution in [0.5, 0.6) is 5.75 Å². The Labute approximate surface area is 212 Å². The average molecular weight is 507 g/mol. The minimum Gasteiger partial charge on any atom is -0.496 e. The van der Waals surface area contributed by atoms with Gasteiger partial charge in [0, 0.05) is 29.4 Å². The lowest BCUT2D eigenvalue weighted by atomic mass is 9.84. The predicted molar refractivity (Wildman–Crippen MR) is 138 cm³/mol. The van der Waals surface area contributed by atoms with Crippen molar-refractivity contribution in [2.45, 2.75) is 75.2 Å². The monoisotopic (exact) mass is 506 g/mol. The van der Waals surface area contributed by atoms with Crippen molar-refractivity contribution in [3.8, 4) is 11.8 Å². The molecule has 1 aromatic carbocycles. The number of carbonyl (C=O) groups excluding carboxylic acids is 3. The third kappa shape index (κ3) is 4.66. The lowest BCUT2D eigenvalue weighted by molar-refractivity contribution is -0.127. The Morgan fingerprint density at radius 1 is 1.28 bits per heavy atom. The van der Waals surface area contributed by atoms with E-state index >= 15 is 0 Å². The van der Waals surface area contributed by atoms with Gasteiger partial charge >= 0.3 is 0 Å². The summed E-state index contributed by atoms with van der Waals surface area (Å²) in [5.41, 5.74) is 1.26. The van der Waals surface area contributed by atoms with Crippen LogP contribution in [0.2, 0.25) is 18.1 Å². The first-order valence-electron chi connectivity index (χ1n) is 13.1. The number of benzene rings is 1. The van der Waals surface area contributed by atoms with E-state index in [1.165, 1.54) is 0 Å². The fraction of sp³-hybridized carbons (Fsp3) is 0.556. The van der Waals surface area contributed by atoms with Crippen molar-refractivity contribution in [1.82, 2.24) is 15.2 Å². The Bertz CT molecular complexity index is 1210. The molecule has 190 valence electrons. The Morgan fingerprint density at radius 2 is 2.08 bits per heavy atom. The van der Waals surface area contributed by atoms with E-state index in [9.17, 15) is 19.6 Å². The Hall–Kier alpha value is -3.12. The number of nitrogens with one attached hydrogen (secondary N) is 2. The van der Waals surface area contributed by atoms with E-state index in [0.29, 0.717) is 30.5 Å². The summed E-state index contributed by atoms with van der Waals surface area (Å²) < 4.78 is 5.45. The van der Waals surface area contributed by atoms with Gasteiger partial charge in [0.05, 0.1) is 21.3 Å². The smallest absolute Gasteiger partial charge is 0.270 e. The number of ketones is 1. The van der Waals surface area contributed by atoms with E-state index in [1.54, 1.807) is 18.1 Å². The molecule has 3 aliphatic rings. The van der Waals surface area contributed by atoms with Gasteiger partial charge in [0.25, 0.3) is 5.91 Å². The minimum atomic E-state index is -1.76. The molecule has 3 atom stereocenters. The van der Waals surface area contributed by atoms with E-state index in [0.717, 1.165) is 61.1 Å². The van der Waals surface area contributed by atoms with Gasteiger partial charge in [0.2, 0.25) is 5.91 Å². The first-order chi connectivity index (χ1) is 17.4. The number of fused-ring (bicyclic) bond motifs is 1. The highest BCUT2D eigenvalue weighted by Gasteiger charge is 2.51. The van der Waals surface area contributed by atoms with Crippen LogP contribution in [-0.4, -0.2) is 60.9 Å². The number of nitriles is 1. The summed E-state index contributed by atoms with van der Waals surface area (Å²) in [5, 5.41) is 13.5. The molecule has 3 fully saturated rings. The molecular weight excluding hydrogens is 472 g/mol. The van der Waals surface area contributed by atoms with Crippen LogP contribution >= 0.6 is 0 Å². The van der Waals surface area contributed by atoms with E-state index < -0.39 is 20.2 Å². The summed E-state index contributed by atoms with van der Waals surface area (Å²) in [7, 11) is -0.153. The van der Waals surface area contributed by atoms with Crippen LogP contribution in [0.1, 0.15) is 55.4 Å². The van der Waals surface area contributed by atoms with Gasteiger partial charge in [-0.3, -0.25) is 14.4 Å². The number of hydrogen-bond acceptors (Lipinski definition) is 5. The number of amides is 2. The van der Waals surface area contributed by atoms with Crippen molar-refractivity contribution in [2.24, 2.45) is 5.92 Å². The molecule has 36 heavy (non-hydrogen) atoms. The Balaban J connectivity index is 1.37. The molecule has 3 unspecified atom stereocenters. The van der Waals surface area contributed by atoms with Gasteiger partial charge in [-0.05, 0) is 43.5 Å². The zero-order valence-corrected chi connectivity index (χ0v) is 21.8. The third-order valence-corrected chi connectivity index (χ3v) is 13.6. The fourth-order valence-corrected chi connectivity index (χ4v) is 12.0. The molecule has 1 spiro atoms. The number of hydrogen-bond donors (Lipinski definition) is 2. The highest BCUT2D eigenvalue weighted by atomic mass is 28.3. The van der Waals surface area contributed by atoms with Crippen molar-refractivity contribution in [3.63, 3.8) is 0 Å². The molecule has 2 aliphatic heterocycles. The molecule has 2 saturated heterocycles. The lowest BCUT2D eigenvalue weighted by Gasteiger charge is -2.26. The number of carbonyl (C=O) groups is 3. The molecule has 2 amide bonds. The second-order valence-corrected chi connectivity index (χ2v) is 15.5. The van der Waals surface area contributed by atoms with Gasteiger partial charge in [-0.15, -0.1) is 0 Å². The maximum atomic E-state index is 13.8. The normalized spacial score (nSPS) is 24.1. The van der Waals surface area contributed by atoms with E-state index in [2.05, 4.69) is 16.4 Å². The average Bonchev–Trinajstić information content (AvgIpc) is 3.63. The van der Waals surface area contributed by atoms with Crippen LogP contribution in [0.3, 0.4) is 0 Å². The predicted octanol–water partition coefficient (Wildman–Crippen LogP) is 3.94. The molecular formula is C27H34N4O4Si. The number of rotatable bonds is 6. The zero-order valence-electron chi connectivity index (χ0n) is 20.8. The number of aromatic amines is 1. The van der Waals surface area contributed by atoms with Crippen molar-refractivity contribution in [1.29, 1.82) is 5.26 Å². The summed E-state index contributed by atoms with van der Waals surface area (Å²) in [5.74, 6) is 0.278. The molecule has 3 heterocycles. The maximum Gasteiger partial charge on any atom is 0.270 e. The highest BCUT2D eigenvalue weighted by Crippen LogP contribution is 2.41. The van der Waals surface area contributed by atoms with Gasteiger partial charge in [0.1, 0.15) is 29.3 Å². The van der Waals surface area contributed by atoms with Crippen molar-refractivity contribution >= 4 is 36.6 Å². The number of nitrogens with zero attached hydrogens (tertiary/aromatic N) is 2. The third-order valence-electron chi connectivity index (χ3n) is 8.48. The zero-order chi connectivity index (χ0) is 25.3. The van der Waals surface area contributed by atoms with Gasteiger partial charge in [-0.1, -0.05) is 37.4 Å². The molecule has 5 rings (SSSR count). The molecule has 9 heteroatoms. The topological polar surface area (TPSA) is 115 Å². The minimum absolute atomic E-state index is 0.165. The van der Waals surface area contributed by atoms with Crippen LogP contribution in [0.15, 0.2) is 24.3 Å². The van der Waals surface area contributed by atoms with Gasteiger partial charge in [-0.25, -0.2) is 0 Å². The summed E-state index contributed by atoms with van der Waals surface area (Å²) in [4.78, 5) is 44.6. The molecule has 1 saturated carbocycles. The van der Waals surface area contributed by atoms with E-state index in [-0.39, 0.29) is 23.5 Å². The molecule has 1 aliphatic carbocycles. The summed E-state index contributed by atoms with van der Waals surface area (Å²) in [6, 6.07) is 11.4. The molecule has 1 aromatic heterocycles. The number of Topliss-reactive ketones (excluding diaryl/α,β-unsaturated/α-hetero) is 1. The first kappa shape index (κ1) is 24.6. The summed E-state index contributed by atoms with van der Waals surface area (Å²) in [6.45, 7) is 0. The lowest BCUT2D eigenvalue weighted by Crippen LogP contribution is -2.49. The van der Waals surface area contributed by atoms with Crippen molar-refractivity contribution in [3.05, 3.63) is 30.0 Å². The van der Waals surface area contributed by atoms with Crippen LogP contribution in [0.4, 0.5) is 0 Å². The van der Waals surface area contributed by atoms with E-state index in [4.69, 9.17) is 4.74 Å². The van der Waals surface area contributed by atoms with Gasteiger partial charge < -0.3 is 19.9 Å². The molecule has 0 radical (unpaired) electrons. The van der Waals surface area contributed by atoms with Crippen LogP contribution in [0, 0.1) is 17.2 Å². The molecule has 2 aromatic rings. The number of aromatic nitrogens is 1. The first-order valence-corrected chi connectivity index (χ1v) is 16.0. The van der Waals surface area contributed by atoms with Crippen molar-refractivity contribution in [2.75, 3.05) is 13.3 Å².